The van der Waals surface area contributed by atoms with E-state index in [0.717, 1.165) is 58.2 Å². The molecule has 2 saturated heterocycles. The van der Waals surface area contributed by atoms with Crippen LogP contribution in [0.4, 0.5) is 0 Å². The molecule has 23 heavy (non-hydrogen) atoms. The highest BCUT2D eigenvalue weighted by Gasteiger charge is 2.40. The van der Waals surface area contributed by atoms with Crippen LogP contribution in [0.3, 0.4) is 0 Å². The van der Waals surface area contributed by atoms with Crippen molar-refractivity contribution in [2.75, 3.05) is 50.9 Å². The molecule has 0 spiro atoms. The quantitative estimate of drug-likeness (QED) is 0.452. The molecule has 1 unspecified atom stereocenters. The Morgan fingerprint density at radius 1 is 1.35 bits per heavy atom. The summed E-state index contributed by atoms with van der Waals surface area (Å²) in [6.07, 6.45) is 7.96. The molecular weight excluding hydrogens is 308 g/mol. The molecule has 1 aliphatic carbocycles. The van der Waals surface area contributed by atoms with Gasteiger partial charge in [0.05, 0.1) is 25.3 Å². The van der Waals surface area contributed by atoms with Crippen molar-refractivity contribution in [1.82, 2.24) is 15.5 Å². The summed E-state index contributed by atoms with van der Waals surface area (Å²) in [5.74, 6) is 3.43. The van der Waals surface area contributed by atoms with Crippen LogP contribution in [0.1, 0.15) is 26.2 Å². The summed E-state index contributed by atoms with van der Waals surface area (Å²) < 4.78 is 5.54. The fourth-order valence-corrected chi connectivity index (χ4v) is 5.05. The smallest absolute Gasteiger partial charge is 0.191 e. The number of hydrogen-bond donors (Lipinski definition) is 2. The second-order valence-corrected chi connectivity index (χ2v) is 7.71. The standard InChI is InChI=1S/C17H30N4OS/c1-2-18-16(20-15-5-3-4-6-15)19-13-17(7-12-23-14-17)21-8-10-22-11-9-21/h3-4,15H,2,5-14H2,1H3,(H2,18,19,20). The Morgan fingerprint density at radius 2 is 2.13 bits per heavy atom. The van der Waals surface area contributed by atoms with Crippen molar-refractivity contribution in [3.8, 4) is 0 Å². The Hall–Kier alpha value is -0.720. The van der Waals surface area contributed by atoms with E-state index >= 15 is 0 Å². The molecule has 0 aromatic rings. The van der Waals surface area contributed by atoms with Gasteiger partial charge in [0.2, 0.25) is 0 Å². The number of nitrogens with zero attached hydrogens (tertiary/aromatic N) is 2. The highest BCUT2D eigenvalue weighted by atomic mass is 32.2. The molecule has 0 amide bonds. The molecule has 0 saturated carbocycles. The van der Waals surface area contributed by atoms with Crippen LogP contribution < -0.4 is 10.6 Å². The molecule has 0 bridgehead atoms. The van der Waals surface area contributed by atoms with E-state index in [1.54, 1.807) is 0 Å². The first kappa shape index (κ1) is 17.1. The van der Waals surface area contributed by atoms with E-state index in [1.165, 1.54) is 17.9 Å². The summed E-state index contributed by atoms with van der Waals surface area (Å²) in [5, 5.41) is 7.00. The molecule has 0 aromatic carbocycles. The zero-order valence-corrected chi connectivity index (χ0v) is 15.0. The predicted molar refractivity (Wildman–Crippen MR) is 98.3 cm³/mol. The Labute approximate surface area is 144 Å². The van der Waals surface area contributed by atoms with Gasteiger partial charge in [0.15, 0.2) is 5.96 Å². The van der Waals surface area contributed by atoms with Gasteiger partial charge >= 0.3 is 0 Å². The Bertz CT molecular complexity index is 420. The first-order valence-corrected chi connectivity index (χ1v) is 10.1. The van der Waals surface area contributed by atoms with Crippen molar-refractivity contribution in [2.45, 2.75) is 37.8 Å². The molecule has 6 heteroatoms. The number of guanidine groups is 1. The van der Waals surface area contributed by atoms with E-state index in [9.17, 15) is 0 Å². The number of thioether (sulfide) groups is 1. The molecule has 1 atom stereocenters. The highest BCUT2D eigenvalue weighted by molar-refractivity contribution is 7.99. The molecule has 5 nitrogen and oxygen atoms in total. The lowest BCUT2D eigenvalue weighted by Gasteiger charge is -2.42. The average Bonchev–Trinajstić information content (AvgIpc) is 3.26. The lowest BCUT2D eigenvalue weighted by molar-refractivity contribution is -0.0104. The van der Waals surface area contributed by atoms with Gasteiger partial charge in [0, 0.05) is 31.4 Å². The van der Waals surface area contributed by atoms with E-state index in [4.69, 9.17) is 9.73 Å². The zero-order chi connectivity index (χ0) is 16.0. The third kappa shape index (κ3) is 4.43. The number of morpholine rings is 1. The molecular formula is C17H30N4OS. The van der Waals surface area contributed by atoms with E-state index in [1.807, 2.05) is 0 Å². The molecule has 130 valence electrons. The predicted octanol–water partition coefficient (Wildman–Crippen LogP) is 1.47. The van der Waals surface area contributed by atoms with Crippen molar-refractivity contribution in [1.29, 1.82) is 0 Å². The molecule has 3 aliphatic rings. The van der Waals surface area contributed by atoms with Gasteiger partial charge in [-0.05, 0) is 31.9 Å². The maximum Gasteiger partial charge on any atom is 0.191 e. The Balaban J connectivity index is 1.64. The molecule has 3 rings (SSSR count). The third-order valence-electron chi connectivity index (χ3n) is 4.99. The highest BCUT2D eigenvalue weighted by Crippen LogP contribution is 2.34. The SMILES string of the molecule is CCNC(=NCC1(N2CCOCC2)CCSC1)NC1CC=CC1. The first-order chi connectivity index (χ1) is 11.3. The summed E-state index contributed by atoms with van der Waals surface area (Å²) in [4.78, 5) is 7.60. The van der Waals surface area contributed by atoms with Crippen LogP contribution in [-0.2, 0) is 4.74 Å². The maximum absolute atomic E-state index is 5.54. The van der Waals surface area contributed by atoms with Crippen LogP contribution in [0.5, 0.6) is 0 Å². The molecule has 2 N–H and O–H groups in total. The van der Waals surface area contributed by atoms with E-state index in [0.29, 0.717) is 6.04 Å². The lowest BCUT2D eigenvalue weighted by Crippen LogP contribution is -2.56. The van der Waals surface area contributed by atoms with Crippen LogP contribution in [0, 0.1) is 0 Å². The van der Waals surface area contributed by atoms with Crippen LogP contribution in [-0.4, -0.2) is 73.3 Å². The summed E-state index contributed by atoms with van der Waals surface area (Å²) in [5.41, 5.74) is 0.227. The fraction of sp³-hybridized carbons (Fsp3) is 0.824. The molecule has 2 fully saturated rings. The van der Waals surface area contributed by atoms with Gasteiger partial charge in [-0.3, -0.25) is 9.89 Å². The Morgan fingerprint density at radius 3 is 2.78 bits per heavy atom. The number of hydrogen-bond acceptors (Lipinski definition) is 4. The monoisotopic (exact) mass is 338 g/mol. The minimum atomic E-state index is 0.227. The van der Waals surface area contributed by atoms with Crippen molar-refractivity contribution < 1.29 is 4.74 Å². The Kier molecular flexibility index (Phi) is 6.25. The second-order valence-electron chi connectivity index (χ2n) is 6.61. The number of aliphatic imine (C=N–C) groups is 1. The lowest BCUT2D eigenvalue weighted by atomic mass is 9.96. The number of ether oxygens (including phenoxy) is 1. The molecule has 0 radical (unpaired) electrons. The third-order valence-corrected chi connectivity index (χ3v) is 6.22. The topological polar surface area (TPSA) is 48.9 Å². The van der Waals surface area contributed by atoms with E-state index < -0.39 is 0 Å². The zero-order valence-electron chi connectivity index (χ0n) is 14.2. The van der Waals surface area contributed by atoms with Crippen molar-refractivity contribution in [3.63, 3.8) is 0 Å². The summed E-state index contributed by atoms with van der Waals surface area (Å²) in [7, 11) is 0. The first-order valence-electron chi connectivity index (χ1n) is 8.93. The van der Waals surface area contributed by atoms with Crippen LogP contribution in [0.2, 0.25) is 0 Å². The minimum absolute atomic E-state index is 0.227. The summed E-state index contributed by atoms with van der Waals surface area (Å²) in [6, 6.07) is 0.505. The van der Waals surface area contributed by atoms with Gasteiger partial charge < -0.3 is 15.4 Å². The van der Waals surface area contributed by atoms with Gasteiger partial charge in [-0.25, -0.2) is 0 Å². The van der Waals surface area contributed by atoms with Crippen LogP contribution >= 0.6 is 11.8 Å². The van der Waals surface area contributed by atoms with Crippen molar-refractivity contribution in [3.05, 3.63) is 12.2 Å². The normalized spacial score (nSPS) is 30.0. The van der Waals surface area contributed by atoms with Crippen molar-refractivity contribution in [2.24, 2.45) is 4.99 Å². The van der Waals surface area contributed by atoms with E-state index in [2.05, 4.69) is 46.4 Å². The molecule has 2 aliphatic heterocycles. The van der Waals surface area contributed by atoms with Gasteiger partial charge in [-0.2, -0.15) is 11.8 Å². The summed E-state index contributed by atoms with van der Waals surface area (Å²) in [6.45, 7) is 7.75. The number of rotatable bonds is 5. The minimum Gasteiger partial charge on any atom is -0.379 e. The number of nitrogens with one attached hydrogen (secondary N) is 2. The van der Waals surface area contributed by atoms with Gasteiger partial charge in [-0.1, -0.05) is 12.2 Å². The van der Waals surface area contributed by atoms with Crippen LogP contribution in [0.25, 0.3) is 0 Å². The van der Waals surface area contributed by atoms with Gasteiger partial charge in [0.1, 0.15) is 0 Å². The fourth-order valence-electron chi connectivity index (χ4n) is 3.58. The average molecular weight is 339 g/mol. The largest absolute Gasteiger partial charge is 0.379 e. The van der Waals surface area contributed by atoms with Gasteiger partial charge in [0.25, 0.3) is 0 Å². The second kappa shape index (κ2) is 8.40. The summed E-state index contributed by atoms with van der Waals surface area (Å²) >= 11 is 2.07. The van der Waals surface area contributed by atoms with Gasteiger partial charge in [-0.15, -0.1) is 0 Å². The maximum atomic E-state index is 5.54. The molecule has 0 aromatic heterocycles. The van der Waals surface area contributed by atoms with Crippen molar-refractivity contribution >= 4 is 17.7 Å². The van der Waals surface area contributed by atoms with E-state index in [-0.39, 0.29) is 5.54 Å². The van der Waals surface area contributed by atoms with Crippen LogP contribution in [0.15, 0.2) is 17.1 Å². The molecule has 2 heterocycles.